The SMILES string of the molecule is CCOP(=O)(CC)O/C(=C/c1cc(C)c(O)c(OC)c1)c1cnccn1. The number of aryl methyl sites for hydroxylation is 1. The van der Waals surface area contributed by atoms with Crippen LogP contribution in [0, 0.1) is 6.92 Å². The van der Waals surface area contributed by atoms with Crippen molar-refractivity contribution in [3.63, 3.8) is 0 Å². The maximum absolute atomic E-state index is 12.8. The Balaban J connectivity index is 2.52. The first-order valence-electron chi connectivity index (χ1n) is 8.21. The first-order chi connectivity index (χ1) is 12.4. The van der Waals surface area contributed by atoms with E-state index in [0.29, 0.717) is 22.6 Å². The third-order valence-corrected chi connectivity index (χ3v) is 5.47. The van der Waals surface area contributed by atoms with Gasteiger partial charge in [0.15, 0.2) is 17.3 Å². The Labute approximate surface area is 153 Å². The molecule has 140 valence electrons. The molecule has 1 aromatic heterocycles. The van der Waals surface area contributed by atoms with Gasteiger partial charge in [-0.1, -0.05) is 6.92 Å². The fraction of sp³-hybridized carbons (Fsp3) is 0.333. The third kappa shape index (κ3) is 4.84. The van der Waals surface area contributed by atoms with E-state index in [1.807, 2.05) is 0 Å². The zero-order chi connectivity index (χ0) is 19.2. The fourth-order valence-corrected chi connectivity index (χ4v) is 3.47. The Morgan fingerprint density at radius 3 is 2.65 bits per heavy atom. The maximum atomic E-state index is 12.8. The van der Waals surface area contributed by atoms with E-state index in [9.17, 15) is 9.67 Å². The van der Waals surface area contributed by atoms with Gasteiger partial charge in [-0.15, -0.1) is 0 Å². The van der Waals surface area contributed by atoms with Gasteiger partial charge in [-0.05, 0) is 43.2 Å². The lowest BCUT2D eigenvalue weighted by Gasteiger charge is -2.19. The number of hydrogen-bond donors (Lipinski definition) is 1. The van der Waals surface area contributed by atoms with Gasteiger partial charge in [0, 0.05) is 12.4 Å². The quantitative estimate of drug-likeness (QED) is 0.542. The van der Waals surface area contributed by atoms with Crippen LogP contribution >= 0.6 is 7.60 Å². The molecule has 0 saturated carbocycles. The van der Waals surface area contributed by atoms with Crippen LogP contribution in [0.25, 0.3) is 11.8 Å². The van der Waals surface area contributed by atoms with Gasteiger partial charge in [0.05, 0.1) is 26.1 Å². The number of hydrogen-bond acceptors (Lipinski definition) is 7. The molecule has 26 heavy (non-hydrogen) atoms. The summed E-state index contributed by atoms with van der Waals surface area (Å²) in [6.45, 7) is 5.52. The fourth-order valence-electron chi connectivity index (χ4n) is 2.27. The Bertz CT molecular complexity index is 824. The van der Waals surface area contributed by atoms with E-state index in [0.717, 1.165) is 0 Å². The minimum atomic E-state index is -3.32. The summed E-state index contributed by atoms with van der Waals surface area (Å²) in [5, 5.41) is 10.0. The van der Waals surface area contributed by atoms with Crippen molar-refractivity contribution >= 4 is 19.4 Å². The van der Waals surface area contributed by atoms with Gasteiger partial charge in [-0.25, -0.2) is 9.55 Å². The van der Waals surface area contributed by atoms with Gasteiger partial charge < -0.3 is 18.9 Å². The van der Waals surface area contributed by atoms with Crippen molar-refractivity contribution in [2.24, 2.45) is 0 Å². The van der Waals surface area contributed by atoms with E-state index in [1.165, 1.54) is 25.7 Å². The number of aromatic nitrogens is 2. The van der Waals surface area contributed by atoms with Crippen LogP contribution in [0.1, 0.15) is 30.7 Å². The second-order valence-electron chi connectivity index (χ2n) is 5.42. The lowest BCUT2D eigenvalue weighted by atomic mass is 10.1. The average molecular weight is 378 g/mol. The van der Waals surface area contributed by atoms with Gasteiger partial charge in [-0.2, -0.15) is 0 Å². The highest BCUT2D eigenvalue weighted by Gasteiger charge is 2.25. The highest BCUT2D eigenvalue weighted by Crippen LogP contribution is 2.51. The average Bonchev–Trinajstić information content (AvgIpc) is 2.65. The van der Waals surface area contributed by atoms with Crippen LogP contribution in [-0.2, 0) is 13.6 Å². The number of nitrogens with zero attached hydrogens (tertiary/aromatic N) is 2. The molecule has 0 saturated heterocycles. The molecule has 1 N–H and O–H groups in total. The molecule has 1 aromatic carbocycles. The summed E-state index contributed by atoms with van der Waals surface area (Å²) in [6, 6.07) is 3.41. The lowest BCUT2D eigenvalue weighted by Crippen LogP contribution is -2.00. The van der Waals surface area contributed by atoms with Crippen LogP contribution in [0.2, 0.25) is 0 Å². The Morgan fingerprint density at radius 2 is 2.08 bits per heavy atom. The normalized spacial score (nSPS) is 13.9. The standard InChI is InChI=1S/C18H23N2O5P/c1-5-24-26(22,6-2)25-16(15-12-19-7-8-20-15)10-14-9-13(3)18(21)17(11-14)23-4/h7-12,21H,5-6H2,1-4H3/b16-10+. The van der Waals surface area contributed by atoms with Crippen LogP contribution in [-0.4, -0.2) is 35.0 Å². The predicted molar refractivity (Wildman–Crippen MR) is 100 cm³/mol. The van der Waals surface area contributed by atoms with Crippen molar-refractivity contribution in [1.29, 1.82) is 0 Å². The summed E-state index contributed by atoms with van der Waals surface area (Å²) < 4.78 is 29.1. The maximum Gasteiger partial charge on any atom is 0.378 e. The summed E-state index contributed by atoms with van der Waals surface area (Å²) in [4.78, 5) is 8.26. The monoisotopic (exact) mass is 378 g/mol. The third-order valence-electron chi connectivity index (χ3n) is 3.57. The van der Waals surface area contributed by atoms with Crippen LogP contribution in [0.3, 0.4) is 0 Å². The zero-order valence-corrected chi connectivity index (χ0v) is 16.2. The number of benzene rings is 1. The van der Waals surface area contributed by atoms with E-state index in [4.69, 9.17) is 13.8 Å². The first kappa shape index (κ1) is 19.9. The zero-order valence-electron chi connectivity index (χ0n) is 15.3. The van der Waals surface area contributed by atoms with E-state index < -0.39 is 7.60 Å². The lowest BCUT2D eigenvalue weighted by molar-refractivity contribution is 0.271. The Morgan fingerprint density at radius 1 is 1.31 bits per heavy atom. The molecule has 0 radical (unpaired) electrons. The van der Waals surface area contributed by atoms with Gasteiger partial charge in [0.25, 0.3) is 0 Å². The molecule has 1 atom stereocenters. The minimum absolute atomic E-state index is 0.0696. The predicted octanol–water partition coefficient (Wildman–Crippen LogP) is 4.26. The van der Waals surface area contributed by atoms with Crippen molar-refractivity contribution < 1.29 is 23.5 Å². The summed E-state index contributed by atoms with van der Waals surface area (Å²) in [6.07, 6.45) is 6.46. The second kappa shape index (κ2) is 8.83. The number of rotatable bonds is 8. The molecule has 0 fully saturated rings. The molecule has 7 nitrogen and oxygen atoms in total. The van der Waals surface area contributed by atoms with Gasteiger partial charge >= 0.3 is 7.60 Å². The smallest absolute Gasteiger partial charge is 0.378 e. The topological polar surface area (TPSA) is 90.8 Å². The molecular weight excluding hydrogens is 355 g/mol. The molecule has 0 bridgehead atoms. The van der Waals surface area contributed by atoms with Crippen LogP contribution in [0.15, 0.2) is 30.7 Å². The van der Waals surface area contributed by atoms with Crippen molar-refractivity contribution in [2.45, 2.75) is 20.8 Å². The highest BCUT2D eigenvalue weighted by molar-refractivity contribution is 7.54. The largest absolute Gasteiger partial charge is 0.504 e. The number of methoxy groups -OCH3 is 1. The van der Waals surface area contributed by atoms with Crippen LogP contribution < -0.4 is 4.74 Å². The molecular formula is C18H23N2O5P. The molecule has 0 spiro atoms. The van der Waals surface area contributed by atoms with Gasteiger partial charge in [-0.3, -0.25) is 4.98 Å². The van der Waals surface area contributed by atoms with Gasteiger partial charge in [0.2, 0.25) is 0 Å². The molecule has 2 rings (SSSR count). The summed E-state index contributed by atoms with van der Waals surface area (Å²) in [5.74, 6) is 0.669. The number of ether oxygens (including phenoxy) is 1. The molecule has 2 aromatic rings. The Kier molecular flexibility index (Phi) is 6.77. The summed E-state index contributed by atoms with van der Waals surface area (Å²) in [7, 11) is -1.84. The molecule has 0 aliphatic heterocycles. The molecule has 0 aliphatic rings. The second-order valence-corrected chi connectivity index (χ2v) is 7.72. The number of phenols is 1. The summed E-state index contributed by atoms with van der Waals surface area (Å²) >= 11 is 0. The number of phenolic OH excluding ortho intramolecular Hbond substituents is 1. The molecule has 0 amide bonds. The van der Waals surface area contributed by atoms with Crippen LogP contribution in [0.4, 0.5) is 0 Å². The molecule has 8 heteroatoms. The number of aromatic hydroxyl groups is 1. The van der Waals surface area contributed by atoms with E-state index in [1.54, 1.807) is 39.0 Å². The van der Waals surface area contributed by atoms with Crippen molar-refractivity contribution in [1.82, 2.24) is 9.97 Å². The van der Waals surface area contributed by atoms with Crippen molar-refractivity contribution in [3.05, 3.63) is 47.5 Å². The summed E-state index contributed by atoms with van der Waals surface area (Å²) in [5.41, 5.74) is 1.75. The van der Waals surface area contributed by atoms with Gasteiger partial charge in [0.1, 0.15) is 5.69 Å². The van der Waals surface area contributed by atoms with E-state index >= 15 is 0 Å². The van der Waals surface area contributed by atoms with Crippen molar-refractivity contribution in [3.8, 4) is 11.5 Å². The highest BCUT2D eigenvalue weighted by atomic mass is 31.2. The van der Waals surface area contributed by atoms with Crippen molar-refractivity contribution in [2.75, 3.05) is 19.9 Å². The molecule has 0 aliphatic carbocycles. The van der Waals surface area contributed by atoms with E-state index in [-0.39, 0.29) is 24.3 Å². The first-order valence-corrected chi connectivity index (χ1v) is 9.94. The van der Waals surface area contributed by atoms with E-state index in [2.05, 4.69) is 9.97 Å². The minimum Gasteiger partial charge on any atom is -0.504 e. The molecule has 1 unspecified atom stereocenters. The molecule has 1 heterocycles. The van der Waals surface area contributed by atoms with Crippen LogP contribution in [0.5, 0.6) is 11.5 Å². The Hall–Kier alpha value is -2.37.